The predicted molar refractivity (Wildman–Crippen MR) is 98.8 cm³/mol. The topological polar surface area (TPSA) is 52.7 Å². The van der Waals surface area contributed by atoms with E-state index in [0.29, 0.717) is 19.4 Å². The minimum absolute atomic E-state index is 0.0558. The lowest BCUT2D eigenvalue weighted by Crippen LogP contribution is -2.56. The zero-order valence-electron chi connectivity index (χ0n) is 14.9. The number of nitrogens with zero attached hydrogens (tertiary/aromatic N) is 2. The van der Waals surface area contributed by atoms with E-state index in [2.05, 4.69) is 34.5 Å². The second kappa shape index (κ2) is 7.83. The first-order valence-electron chi connectivity index (χ1n) is 9.07. The molecule has 5 nitrogen and oxygen atoms in total. The lowest BCUT2D eigenvalue weighted by molar-refractivity contribution is -0.145. The number of carbonyl (C=O) groups is 2. The molecule has 2 aliphatic heterocycles. The van der Waals surface area contributed by atoms with E-state index in [-0.39, 0.29) is 11.8 Å². The van der Waals surface area contributed by atoms with Gasteiger partial charge in [0.25, 0.3) is 0 Å². The Labute approximate surface area is 149 Å². The van der Waals surface area contributed by atoms with Crippen LogP contribution in [0, 0.1) is 5.41 Å². The van der Waals surface area contributed by atoms with E-state index in [1.165, 1.54) is 5.56 Å². The van der Waals surface area contributed by atoms with E-state index in [4.69, 9.17) is 0 Å². The highest BCUT2D eigenvalue weighted by atomic mass is 16.2. The molecule has 1 atom stereocenters. The van der Waals surface area contributed by atoms with Crippen molar-refractivity contribution in [2.45, 2.75) is 19.8 Å². The molecule has 0 bridgehead atoms. The van der Waals surface area contributed by atoms with Crippen molar-refractivity contribution in [3.05, 3.63) is 42.0 Å². The smallest absolute Gasteiger partial charge is 0.230 e. The SMILES string of the molecule is CC1(C(=O)N2CCN(C/C=C/c3ccccc3)CC2)CCC(=O)NC1. The molecule has 1 unspecified atom stereocenters. The Morgan fingerprint density at radius 1 is 1.20 bits per heavy atom. The van der Waals surface area contributed by atoms with Crippen LogP contribution in [0.1, 0.15) is 25.3 Å². The van der Waals surface area contributed by atoms with E-state index in [0.717, 1.165) is 32.7 Å². The summed E-state index contributed by atoms with van der Waals surface area (Å²) in [5, 5.41) is 2.84. The first-order valence-corrected chi connectivity index (χ1v) is 9.07. The minimum Gasteiger partial charge on any atom is -0.355 e. The Kier molecular flexibility index (Phi) is 5.53. The molecule has 2 amide bonds. The number of amides is 2. The Balaban J connectivity index is 1.46. The zero-order valence-corrected chi connectivity index (χ0v) is 14.9. The van der Waals surface area contributed by atoms with Crippen LogP contribution < -0.4 is 5.32 Å². The number of piperidine rings is 1. The van der Waals surface area contributed by atoms with Crippen LogP contribution in [0.15, 0.2) is 36.4 Å². The van der Waals surface area contributed by atoms with Gasteiger partial charge in [0.2, 0.25) is 11.8 Å². The quantitative estimate of drug-likeness (QED) is 0.908. The molecular weight excluding hydrogens is 314 g/mol. The minimum atomic E-state index is -0.441. The molecular formula is C20H27N3O2. The summed E-state index contributed by atoms with van der Waals surface area (Å²) in [6, 6.07) is 10.3. The van der Waals surface area contributed by atoms with Gasteiger partial charge in [0, 0.05) is 45.7 Å². The van der Waals surface area contributed by atoms with Gasteiger partial charge >= 0.3 is 0 Å². The number of piperazine rings is 1. The molecule has 3 rings (SSSR count). The van der Waals surface area contributed by atoms with Crippen molar-refractivity contribution in [1.82, 2.24) is 15.1 Å². The monoisotopic (exact) mass is 341 g/mol. The normalized spacial score (nSPS) is 25.2. The van der Waals surface area contributed by atoms with Gasteiger partial charge in [-0.1, -0.05) is 42.5 Å². The number of hydrogen-bond acceptors (Lipinski definition) is 3. The van der Waals surface area contributed by atoms with Crippen molar-refractivity contribution in [1.29, 1.82) is 0 Å². The Morgan fingerprint density at radius 3 is 2.56 bits per heavy atom. The number of carbonyl (C=O) groups excluding carboxylic acids is 2. The van der Waals surface area contributed by atoms with E-state index >= 15 is 0 Å². The molecule has 25 heavy (non-hydrogen) atoms. The van der Waals surface area contributed by atoms with Crippen LogP contribution in [0.4, 0.5) is 0 Å². The molecule has 0 spiro atoms. The van der Waals surface area contributed by atoms with Crippen LogP contribution in [-0.4, -0.2) is 60.9 Å². The van der Waals surface area contributed by atoms with Gasteiger partial charge in [-0.3, -0.25) is 14.5 Å². The van der Waals surface area contributed by atoms with Gasteiger partial charge in [0.05, 0.1) is 5.41 Å². The summed E-state index contributed by atoms with van der Waals surface area (Å²) < 4.78 is 0. The molecule has 0 aliphatic carbocycles. The van der Waals surface area contributed by atoms with Crippen molar-refractivity contribution in [3.63, 3.8) is 0 Å². The van der Waals surface area contributed by atoms with Crippen LogP contribution in [0.3, 0.4) is 0 Å². The highest BCUT2D eigenvalue weighted by Gasteiger charge is 2.40. The Morgan fingerprint density at radius 2 is 1.92 bits per heavy atom. The molecule has 1 aromatic carbocycles. The van der Waals surface area contributed by atoms with Gasteiger partial charge in [0.15, 0.2) is 0 Å². The van der Waals surface area contributed by atoms with Gasteiger partial charge in [-0.2, -0.15) is 0 Å². The average molecular weight is 341 g/mol. The highest BCUT2D eigenvalue weighted by molar-refractivity contribution is 5.86. The molecule has 134 valence electrons. The Bertz CT molecular complexity index is 624. The number of rotatable bonds is 4. The fraction of sp³-hybridized carbons (Fsp3) is 0.500. The fourth-order valence-electron chi connectivity index (χ4n) is 3.46. The molecule has 0 aromatic heterocycles. The standard InChI is InChI=1S/C20H27N3O2/c1-20(10-9-18(24)21-16-20)19(25)23-14-12-22(13-15-23)11-5-8-17-6-3-2-4-7-17/h2-8H,9-16H2,1H3,(H,21,24)/b8-5+. The van der Waals surface area contributed by atoms with E-state index in [1.54, 1.807) is 0 Å². The molecule has 2 fully saturated rings. The van der Waals surface area contributed by atoms with Crippen molar-refractivity contribution < 1.29 is 9.59 Å². The van der Waals surface area contributed by atoms with Gasteiger partial charge in [-0.15, -0.1) is 0 Å². The first kappa shape index (κ1) is 17.7. The maximum Gasteiger partial charge on any atom is 0.230 e. The molecule has 0 radical (unpaired) electrons. The van der Waals surface area contributed by atoms with Gasteiger partial charge in [-0.25, -0.2) is 0 Å². The summed E-state index contributed by atoms with van der Waals surface area (Å²) in [6.07, 6.45) is 5.43. The van der Waals surface area contributed by atoms with Crippen molar-refractivity contribution in [2.75, 3.05) is 39.3 Å². The predicted octanol–water partition coefficient (Wildman–Crippen LogP) is 1.76. The van der Waals surface area contributed by atoms with Gasteiger partial charge < -0.3 is 10.2 Å². The molecule has 0 saturated carbocycles. The summed E-state index contributed by atoms with van der Waals surface area (Å²) in [6.45, 7) is 6.67. The highest BCUT2D eigenvalue weighted by Crippen LogP contribution is 2.28. The van der Waals surface area contributed by atoms with E-state index in [9.17, 15) is 9.59 Å². The number of nitrogens with one attached hydrogen (secondary N) is 1. The van der Waals surface area contributed by atoms with Crippen LogP contribution in [0.25, 0.3) is 6.08 Å². The summed E-state index contributed by atoms with van der Waals surface area (Å²) in [5.41, 5.74) is 0.770. The second-order valence-electron chi connectivity index (χ2n) is 7.24. The van der Waals surface area contributed by atoms with Crippen molar-refractivity contribution >= 4 is 17.9 Å². The Hall–Kier alpha value is -2.14. The summed E-state index contributed by atoms with van der Waals surface area (Å²) >= 11 is 0. The third-order valence-corrected chi connectivity index (χ3v) is 5.23. The fourth-order valence-corrected chi connectivity index (χ4v) is 3.46. The lowest BCUT2D eigenvalue weighted by Gasteiger charge is -2.41. The maximum atomic E-state index is 12.8. The van der Waals surface area contributed by atoms with Crippen LogP contribution in [0.2, 0.25) is 0 Å². The van der Waals surface area contributed by atoms with Crippen LogP contribution in [-0.2, 0) is 9.59 Å². The third-order valence-electron chi connectivity index (χ3n) is 5.23. The summed E-state index contributed by atoms with van der Waals surface area (Å²) in [4.78, 5) is 28.5. The van der Waals surface area contributed by atoms with E-state index in [1.807, 2.05) is 30.0 Å². The third kappa shape index (κ3) is 4.48. The maximum absolute atomic E-state index is 12.8. The van der Waals surface area contributed by atoms with Crippen molar-refractivity contribution in [3.8, 4) is 0 Å². The molecule has 2 heterocycles. The molecule has 2 saturated heterocycles. The van der Waals surface area contributed by atoms with E-state index < -0.39 is 5.41 Å². The zero-order chi connectivity index (χ0) is 17.7. The second-order valence-corrected chi connectivity index (χ2v) is 7.24. The molecule has 2 aliphatic rings. The largest absolute Gasteiger partial charge is 0.355 e. The first-order chi connectivity index (χ1) is 12.1. The van der Waals surface area contributed by atoms with Gasteiger partial charge in [-0.05, 0) is 18.9 Å². The molecule has 1 aromatic rings. The molecule has 1 N–H and O–H groups in total. The lowest BCUT2D eigenvalue weighted by atomic mass is 9.81. The van der Waals surface area contributed by atoms with Crippen molar-refractivity contribution in [2.24, 2.45) is 5.41 Å². The van der Waals surface area contributed by atoms with Crippen LogP contribution >= 0.6 is 0 Å². The van der Waals surface area contributed by atoms with Crippen LogP contribution in [0.5, 0.6) is 0 Å². The van der Waals surface area contributed by atoms with Gasteiger partial charge in [0.1, 0.15) is 0 Å². The molecule has 5 heteroatoms. The summed E-state index contributed by atoms with van der Waals surface area (Å²) in [7, 11) is 0. The summed E-state index contributed by atoms with van der Waals surface area (Å²) in [5.74, 6) is 0.243. The average Bonchev–Trinajstić information content (AvgIpc) is 2.65. The number of hydrogen-bond donors (Lipinski definition) is 1. The number of benzene rings is 1.